The van der Waals surface area contributed by atoms with Gasteiger partial charge in [-0.2, -0.15) is 0 Å². The lowest BCUT2D eigenvalue weighted by Crippen LogP contribution is -2.02. The number of terminal acetylenes is 1. The van der Waals surface area contributed by atoms with Crippen molar-refractivity contribution in [1.82, 2.24) is 0 Å². The van der Waals surface area contributed by atoms with E-state index in [-0.39, 0.29) is 6.10 Å². The first-order valence-electron chi connectivity index (χ1n) is 4.63. The van der Waals surface area contributed by atoms with Gasteiger partial charge < -0.3 is 4.74 Å². The average molecular weight is 248 g/mol. The highest BCUT2D eigenvalue weighted by atomic mass is 35.5. The average Bonchev–Trinajstić information content (AvgIpc) is 2.82. The minimum Gasteiger partial charge on any atom is -0.471 e. The minimum atomic E-state index is -0.363. The SMILES string of the molecule is C#CC(Oc1[c]cc(Cl)cc1)c1cccs1. The summed E-state index contributed by atoms with van der Waals surface area (Å²) in [4.78, 5) is 1.01. The maximum Gasteiger partial charge on any atom is 0.193 e. The molecule has 3 heteroatoms. The van der Waals surface area contributed by atoms with Gasteiger partial charge in [0, 0.05) is 11.1 Å². The van der Waals surface area contributed by atoms with Crippen LogP contribution in [0.3, 0.4) is 0 Å². The molecule has 0 saturated heterocycles. The van der Waals surface area contributed by atoms with Crippen LogP contribution in [0.15, 0.2) is 35.7 Å². The van der Waals surface area contributed by atoms with Crippen molar-refractivity contribution < 1.29 is 4.74 Å². The molecule has 1 radical (unpaired) electrons. The highest BCUT2D eigenvalue weighted by Gasteiger charge is 2.10. The lowest BCUT2D eigenvalue weighted by Gasteiger charge is -2.11. The Kier molecular flexibility index (Phi) is 3.51. The lowest BCUT2D eigenvalue weighted by atomic mass is 10.3. The molecule has 0 aliphatic rings. The van der Waals surface area contributed by atoms with Crippen LogP contribution in [0.2, 0.25) is 5.02 Å². The van der Waals surface area contributed by atoms with Gasteiger partial charge in [-0.15, -0.1) is 17.8 Å². The number of hydrogen-bond donors (Lipinski definition) is 0. The van der Waals surface area contributed by atoms with Gasteiger partial charge in [-0.05, 0) is 29.6 Å². The number of halogens is 1. The zero-order valence-electron chi connectivity index (χ0n) is 8.31. The fourth-order valence-corrected chi connectivity index (χ4v) is 2.04. The van der Waals surface area contributed by atoms with Crippen LogP contribution in [0.5, 0.6) is 5.75 Å². The third-order valence-corrected chi connectivity index (χ3v) is 3.09. The maximum absolute atomic E-state index is 5.76. The summed E-state index contributed by atoms with van der Waals surface area (Å²) >= 11 is 7.33. The van der Waals surface area contributed by atoms with Gasteiger partial charge in [0.05, 0.1) is 4.88 Å². The molecule has 1 unspecified atom stereocenters. The van der Waals surface area contributed by atoms with Gasteiger partial charge in [0.2, 0.25) is 0 Å². The number of ether oxygens (including phenoxy) is 1. The summed E-state index contributed by atoms with van der Waals surface area (Å²) in [7, 11) is 0. The van der Waals surface area contributed by atoms with Crippen molar-refractivity contribution in [2.45, 2.75) is 6.10 Å². The molecule has 0 amide bonds. The van der Waals surface area contributed by atoms with Crippen LogP contribution in [-0.2, 0) is 0 Å². The van der Waals surface area contributed by atoms with Gasteiger partial charge >= 0.3 is 0 Å². The molecule has 0 aliphatic carbocycles. The van der Waals surface area contributed by atoms with Crippen LogP contribution in [-0.4, -0.2) is 0 Å². The topological polar surface area (TPSA) is 9.23 Å². The first-order valence-corrected chi connectivity index (χ1v) is 5.89. The Morgan fingerprint density at radius 3 is 2.88 bits per heavy atom. The van der Waals surface area contributed by atoms with Crippen LogP contribution in [0, 0.1) is 18.4 Å². The van der Waals surface area contributed by atoms with E-state index >= 15 is 0 Å². The van der Waals surface area contributed by atoms with Crippen LogP contribution in [0.4, 0.5) is 0 Å². The molecule has 2 aromatic rings. The molecule has 1 heterocycles. The number of hydrogen-bond acceptors (Lipinski definition) is 2. The Morgan fingerprint density at radius 2 is 2.31 bits per heavy atom. The van der Waals surface area contributed by atoms with Crippen LogP contribution in [0.25, 0.3) is 0 Å². The third-order valence-electron chi connectivity index (χ3n) is 1.94. The van der Waals surface area contributed by atoms with Crippen LogP contribution in [0.1, 0.15) is 11.0 Å². The summed E-state index contributed by atoms with van der Waals surface area (Å²) in [6, 6.07) is 12.0. The maximum atomic E-state index is 5.76. The van der Waals surface area contributed by atoms with Crippen molar-refractivity contribution in [2.24, 2.45) is 0 Å². The highest BCUT2D eigenvalue weighted by molar-refractivity contribution is 7.10. The first kappa shape index (κ1) is 11.1. The third kappa shape index (κ3) is 2.57. The van der Waals surface area contributed by atoms with Crippen molar-refractivity contribution in [3.05, 3.63) is 51.7 Å². The molecule has 0 aliphatic heterocycles. The molecule has 79 valence electrons. The molecule has 0 N–H and O–H groups in total. The minimum absolute atomic E-state index is 0.363. The molecule has 0 spiro atoms. The van der Waals surface area contributed by atoms with Crippen molar-refractivity contribution in [2.75, 3.05) is 0 Å². The zero-order valence-corrected chi connectivity index (χ0v) is 9.89. The smallest absolute Gasteiger partial charge is 0.193 e. The number of rotatable bonds is 3. The van der Waals surface area contributed by atoms with E-state index in [1.807, 2.05) is 17.5 Å². The van der Waals surface area contributed by atoms with E-state index in [4.69, 9.17) is 22.8 Å². The van der Waals surface area contributed by atoms with Gasteiger partial charge in [0.15, 0.2) is 6.10 Å². The van der Waals surface area contributed by atoms with E-state index in [1.165, 1.54) is 0 Å². The Hall–Kier alpha value is -1.43. The fraction of sp³-hybridized carbons (Fsp3) is 0.0769. The van der Waals surface area contributed by atoms with Crippen molar-refractivity contribution in [3.63, 3.8) is 0 Å². The molecule has 1 nitrogen and oxygen atoms in total. The quantitative estimate of drug-likeness (QED) is 0.746. The summed E-state index contributed by atoms with van der Waals surface area (Å²) < 4.78 is 5.62. The molecule has 0 saturated carbocycles. The van der Waals surface area contributed by atoms with E-state index < -0.39 is 0 Å². The van der Waals surface area contributed by atoms with Crippen LogP contribution < -0.4 is 4.74 Å². The summed E-state index contributed by atoms with van der Waals surface area (Å²) in [6.45, 7) is 0. The van der Waals surface area contributed by atoms with Crippen molar-refractivity contribution >= 4 is 22.9 Å². The van der Waals surface area contributed by atoms with E-state index in [9.17, 15) is 0 Å². The predicted molar refractivity (Wildman–Crippen MR) is 66.8 cm³/mol. The van der Waals surface area contributed by atoms with Gasteiger partial charge in [0.25, 0.3) is 0 Å². The molecule has 2 rings (SSSR count). The Balaban J connectivity index is 2.14. The number of thiophene rings is 1. The van der Waals surface area contributed by atoms with E-state index in [1.54, 1.807) is 29.5 Å². The summed E-state index contributed by atoms with van der Waals surface area (Å²) in [6.07, 6.45) is 5.07. The molecule has 1 aromatic carbocycles. The molecule has 1 atom stereocenters. The predicted octanol–water partition coefficient (Wildman–Crippen LogP) is 3.95. The Labute approximate surface area is 104 Å². The fourth-order valence-electron chi connectivity index (χ4n) is 1.21. The Morgan fingerprint density at radius 1 is 1.44 bits per heavy atom. The second-order valence-electron chi connectivity index (χ2n) is 3.05. The normalized spacial score (nSPS) is 11.8. The van der Waals surface area contributed by atoms with E-state index in [2.05, 4.69) is 12.0 Å². The van der Waals surface area contributed by atoms with E-state index in [0.717, 1.165) is 4.88 Å². The van der Waals surface area contributed by atoms with Gasteiger partial charge in [-0.25, -0.2) is 0 Å². The number of benzene rings is 1. The molecule has 16 heavy (non-hydrogen) atoms. The summed E-state index contributed by atoms with van der Waals surface area (Å²) in [5, 5.41) is 2.59. The summed E-state index contributed by atoms with van der Waals surface area (Å²) in [5.41, 5.74) is 0. The zero-order chi connectivity index (χ0) is 11.4. The van der Waals surface area contributed by atoms with E-state index in [0.29, 0.717) is 10.8 Å². The van der Waals surface area contributed by atoms with Gasteiger partial charge in [-0.1, -0.05) is 23.6 Å². The largest absolute Gasteiger partial charge is 0.471 e. The van der Waals surface area contributed by atoms with Gasteiger partial charge in [-0.3, -0.25) is 0 Å². The second kappa shape index (κ2) is 5.07. The second-order valence-corrected chi connectivity index (χ2v) is 4.47. The summed E-state index contributed by atoms with van der Waals surface area (Å²) in [5.74, 6) is 3.20. The molecule has 1 aromatic heterocycles. The molecule has 0 bridgehead atoms. The first-order chi connectivity index (χ1) is 7.79. The van der Waals surface area contributed by atoms with Crippen molar-refractivity contribution in [3.8, 4) is 18.1 Å². The van der Waals surface area contributed by atoms with Gasteiger partial charge in [0.1, 0.15) is 5.75 Å². The molecular formula is C13H8ClOS. The van der Waals surface area contributed by atoms with Crippen LogP contribution >= 0.6 is 22.9 Å². The Bertz CT molecular complexity index is 482. The standard InChI is InChI=1S/C13H8ClOS/c1-2-12(13-4-3-9-16-13)15-11-7-5-10(14)6-8-11/h1,3-7,9,12H. The monoisotopic (exact) mass is 247 g/mol. The lowest BCUT2D eigenvalue weighted by molar-refractivity contribution is 0.268. The van der Waals surface area contributed by atoms with Crippen molar-refractivity contribution in [1.29, 1.82) is 0 Å². The molecule has 0 fully saturated rings. The highest BCUT2D eigenvalue weighted by Crippen LogP contribution is 2.25. The molecular weight excluding hydrogens is 240 g/mol.